The molecule has 3 rings (SSSR count). The first-order valence-corrected chi connectivity index (χ1v) is 8.62. The molecule has 0 spiro atoms. The Kier molecular flexibility index (Phi) is 4.10. The molecule has 0 radical (unpaired) electrons. The van der Waals surface area contributed by atoms with E-state index >= 15 is 0 Å². The minimum Gasteiger partial charge on any atom is -0.477 e. The van der Waals surface area contributed by atoms with Crippen LogP contribution in [0.1, 0.15) is 15.9 Å². The molecule has 1 aliphatic rings. The van der Waals surface area contributed by atoms with Crippen LogP contribution in [-0.4, -0.2) is 43.3 Å². The summed E-state index contributed by atoms with van der Waals surface area (Å²) in [5.41, 5.74) is -7.94. The maximum atomic E-state index is 14.4. The second-order valence-electron chi connectivity index (χ2n) is 5.70. The van der Waals surface area contributed by atoms with E-state index in [0.717, 1.165) is 10.9 Å². The van der Waals surface area contributed by atoms with Gasteiger partial charge in [-0.15, -0.1) is 0 Å². The first-order valence-electron chi connectivity index (χ1n) is 7.21. The van der Waals surface area contributed by atoms with Gasteiger partial charge in [0.05, 0.1) is 10.9 Å². The van der Waals surface area contributed by atoms with Gasteiger partial charge in [0.25, 0.3) is 0 Å². The lowest BCUT2D eigenvalue weighted by molar-refractivity contribution is -0.0501. The van der Waals surface area contributed by atoms with E-state index in [1.54, 1.807) is 0 Å². The largest absolute Gasteiger partial charge is 0.534 e. The van der Waals surface area contributed by atoms with Gasteiger partial charge in [-0.2, -0.15) is 21.6 Å². The maximum absolute atomic E-state index is 14.4. The fourth-order valence-corrected chi connectivity index (χ4v) is 3.28. The zero-order chi connectivity index (χ0) is 20.3. The number of carboxylic acids is 1. The smallest absolute Gasteiger partial charge is 0.477 e. The predicted molar refractivity (Wildman–Crippen MR) is 83.4 cm³/mol. The molecule has 1 N–H and O–H groups in total. The average molecular weight is 410 g/mol. The van der Waals surface area contributed by atoms with Crippen LogP contribution >= 0.6 is 0 Å². The Balaban J connectivity index is 2.39. The number of carboxylic acid groups (broad SMARTS) is 1. The highest BCUT2D eigenvalue weighted by molar-refractivity contribution is 7.88. The second kappa shape index (κ2) is 5.84. The Bertz CT molecular complexity index is 1140. The average Bonchev–Trinajstić information content (AvgIpc) is 2.53. The van der Waals surface area contributed by atoms with E-state index in [2.05, 4.69) is 4.18 Å². The molecule has 1 aromatic heterocycles. The van der Waals surface area contributed by atoms with E-state index in [0.29, 0.717) is 6.07 Å². The molecule has 13 heteroatoms. The zero-order valence-electron chi connectivity index (χ0n) is 13.4. The van der Waals surface area contributed by atoms with Crippen LogP contribution in [0.3, 0.4) is 0 Å². The number of aromatic nitrogens is 1. The van der Waals surface area contributed by atoms with Crippen LogP contribution in [0.5, 0.6) is 5.75 Å². The molecule has 0 amide bonds. The van der Waals surface area contributed by atoms with Crippen molar-refractivity contribution < 1.29 is 40.1 Å². The number of halogens is 4. The molecule has 0 saturated carbocycles. The molecule has 1 aromatic carbocycles. The van der Waals surface area contributed by atoms with Gasteiger partial charge in [-0.05, 0) is 12.5 Å². The molecule has 0 unspecified atom stereocenters. The third-order valence-corrected chi connectivity index (χ3v) is 4.99. The summed E-state index contributed by atoms with van der Waals surface area (Å²) < 4.78 is 79.9. The zero-order valence-corrected chi connectivity index (χ0v) is 14.2. The van der Waals surface area contributed by atoms with E-state index in [1.165, 1.54) is 12.1 Å². The van der Waals surface area contributed by atoms with Crippen molar-refractivity contribution in [1.82, 2.24) is 4.68 Å². The Morgan fingerprint density at radius 3 is 2.52 bits per heavy atom. The molecule has 0 saturated heterocycles. The summed E-state index contributed by atoms with van der Waals surface area (Å²) in [5, 5.41) is 10.1. The summed E-state index contributed by atoms with van der Waals surface area (Å²) in [6.45, 7) is 0.0654. The predicted octanol–water partition coefficient (Wildman–Crippen LogP) is 1.19. The minimum absolute atomic E-state index is 0.0654. The van der Waals surface area contributed by atoms with Crippen LogP contribution in [0, 0.1) is 5.82 Å². The summed E-state index contributed by atoms with van der Waals surface area (Å²) >= 11 is 0. The van der Waals surface area contributed by atoms with Gasteiger partial charge in [0.1, 0.15) is 5.56 Å². The molecule has 27 heavy (non-hydrogen) atoms. The van der Waals surface area contributed by atoms with Crippen molar-refractivity contribution in [2.75, 3.05) is 18.6 Å². The van der Waals surface area contributed by atoms with Crippen molar-refractivity contribution in [3.8, 4) is 5.75 Å². The van der Waals surface area contributed by atoms with Crippen LogP contribution in [0.15, 0.2) is 17.1 Å². The Hall–Kier alpha value is -2.83. The van der Waals surface area contributed by atoms with E-state index < -0.39 is 49.5 Å². The molecule has 2 aromatic rings. The summed E-state index contributed by atoms with van der Waals surface area (Å²) in [7, 11) is -4.65. The number of carbonyl (C=O) groups is 1. The van der Waals surface area contributed by atoms with Crippen molar-refractivity contribution in [3.63, 3.8) is 0 Å². The monoisotopic (exact) mass is 410 g/mol. The lowest BCUT2D eigenvalue weighted by atomic mass is 10.0. The molecule has 0 atom stereocenters. The normalized spacial score (nSPS) is 14.5. The number of benzene rings is 1. The van der Waals surface area contributed by atoms with Gasteiger partial charge in [-0.25, -0.2) is 9.18 Å². The number of rotatable bonds is 3. The van der Waals surface area contributed by atoms with Crippen molar-refractivity contribution in [2.45, 2.75) is 11.9 Å². The number of aromatic carboxylic acids is 1. The van der Waals surface area contributed by atoms with E-state index in [4.69, 9.17) is 5.11 Å². The van der Waals surface area contributed by atoms with Crippen LogP contribution in [0.4, 0.5) is 17.6 Å². The van der Waals surface area contributed by atoms with Gasteiger partial charge in [-0.1, -0.05) is 0 Å². The van der Waals surface area contributed by atoms with E-state index in [-0.39, 0.29) is 24.0 Å². The summed E-state index contributed by atoms with van der Waals surface area (Å²) in [5.74, 6) is -4.28. The number of pyridine rings is 1. The fourth-order valence-electron chi connectivity index (χ4n) is 2.78. The molecule has 0 fully saturated rings. The summed E-state index contributed by atoms with van der Waals surface area (Å²) in [4.78, 5) is 23.5. The Morgan fingerprint density at radius 1 is 1.33 bits per heavy atom. The molecular weight excluding hydrogens is 400 g/mol. The molecule has 0 aliphatic carbocycles. The molecular formula is C14H10F4N2O6S. The first-order chi connectivity index (χ1) is 12.3. The second-order valence-corrected chi connectivity index (χ2v) is 7.24. The van der Waals surface area contributed by atoms with Crippen molar-refractivity contribution in [2.24, 2.45) is 0 Å². The van der Waals surface area contributed by atoms with Gasteiger partial charge >= 0.3 is 21.6 Å². The molecule has 8 nitrogen and oxygen atoms in total. The highest BCUT2D eigenvalue weighted by Crippen LogP contribution is 2.36. The van der Waals surface area contributed by atoms with Gasteiger partial charge in [0.2, 0.25) is 5.43 Å². The van der Waals surface area contributed by atoms with Crippen molar-refractivity contribution >= 4 is 27.0 Å². The van der Waals surface area contributed by atoms with Crippen LogP contribution < -0.4 is 14.6 Å². The van der Waals surface area contributed by atoms with Gasteiger partial charge in [0, 0.05) is 25.4 Å². The number of nitrogens with zero attached hydrogens (tertiary/aromatic N) is 2. The molecule has 1 aliphatic heterocycles. The van der Waals surface area contributed by atoms with Gasteiger partial charge < -0.3 is 14.3 Å². The highest BCUT2D eigenvalue weighted by atomic mass is 32.2. The quantitative estimate of drug-likeness (QED) is 0.460. The number of hydrogen-bond acceptors (Lipinski definition) is 6. The highest BCUT2D eigenvalue weighted by Gasteiger charge is 2.49. The summed E-state index contributed by atoms with van der Waals surface area (Å²) in [6, 6.07) is 0.463. The number of likely N-dealkylation sites (N-methyl/N-ethyl adjacent to an activating group) is 1. The standard InChI is InChI=1S/C14H10F4N2O6S/c1-19-3-2-6-10-7(11(21)8(13(22)23)5-20(10)19)4-9(15)12(6)26-27(24,25)14(16,17)18/h4-5H,2-3H2,1H3,(H,22,23). The topological polar surface area (TPSA) is 106 Å². The van der Waals surface area contributed by atoms with E-state index in [1.807, 2.05) is 0 Å². The van der Waals surface area contributed by atoms with Gasteiger partial charge in [0.15, 0.2) is 11.6 Å². The molecule has 146 valence electrons. The SMILES string of the molecule is CN1CCc2c(OS(=O)(=O)C(F)(F)F)c(F)cc3c(=O)c(C(=O)O)cn1c23. The first kappa shape index (κ1) is 18.9. The third-order valence-electron chi connectivity index (χ3n) is 4.03. The van der Waals surface area contributed by atoms with Crippen LogP contribution in [0.25, 0.3) is 10.9 Å². The fraction of sp³-hybridized carbons (Fsp3) is 0.286. The lowest BCUT2D eigenvalue weighted by Gasteiger charge is -2.31. The number of alkyl halides is 3. The van der Waals surface area contributed by atoms with Gasteiger partial charge in [-0.3, -0.25) is 9.47 Å². The Labute approximate surface area is 148 Å². The maximum Gasteiger partial charge on any atom is 0.534 e. The molecule has 0 bridgehead atoms. The summed E-state index contributed by atoms with van der Waals surface area (Å²) in [6.07, 6.45) is 0.787. The van der Waals surface area contributed by atoms with E-state index in [9.17, 15) is 35.6 Å². The minimum atomic E-state index is -6.14. The van der Waals surface area contributed by atoms with Crippen LogP contribution in [-0.2, 0) is 16.5 Å². The van der Waals surface area contributed by atoms with Crippen molar-refractivity contribution in [1.29, 1.82) is 0 Å². The number of hydrogen-bond donors (Lipinski definition) is 1. The van der Waals surface area contributed by atoms with Crippen LogP contribution in [0.2, 0.25) is 0 Å². The third kappa shape index (κ3) is 2.87. The Morgan fingerprint density at radius 2 is 1.96 bits per heavy atom. The molecule has 2 heterocycles. The van der Waals surface area contributed by atoms with Crippen molar-refractivity contribution in [3.05, 3.63) is 39.4 Å². The lowest BCUT2D eigenvalue weighted by Crippen LogP contribution is -2.39.